The summed E-state index contributed by atoms with van der Waals surface area (Å²) in [4.78, 5) is 10.5. The molecular formula is C11H14O3. The summed E-state index contributed by atoms with van der Waals surface area (Å²) in [6, 6.07) is 7.59. The number of rotatable bonds is 5. The molecule has 0 aliphatic rings. The second-order valence-electron chi connectivity index (χ2n) is 3.13. The second-order valence-corrected chi connectivity index (χ2v) is 3.13. The average Bonchev–Trinajstić information content (AvgIpc) is 2.14. The van der Waals surface area contributed by atoms with Crippen LogP contribution in [-0.2, 0) is 22.4 Å². The van der Waals surface area contributed by atoms with E-state index in [1.807, 2.05) is 24.3 Å². The third kappa shape index (κ3) is 3.58. The van der Waals surface area contributed by atoms with E-state index in [1.54, 1.807) is 7.11 Å². The van der Waals surface area contributed by atoms with Crippen LogP contribution in [0.15, 0.2) is 24.3 Å². The van der Waals surface area contributed by atoms with Crippen molar-refractivity contribution in [2.24, 2.45) is 0 Å². The SMILES string of the molecule is COCCc1cccc(CC(=O)O)c1. The normalized spacial score (nSPS) is 10.1. The van der Waals surface area contributed by atoms with E-state index in [1.165, 1.54) is 0 Å². The predicted molar refractivity (Wildman–Crippen MR) is 53.4 cm³/mol. The molecule has 0 fully saturated rings. The largest absolute Gasteiger partial charge is 0.481 e. The summed E-state index contributed by atoms with van der Waals surface area (Å²) in [5.41, 5.74) is 1.96. The van der Waals surface area contributed by atoms with Gasteiger partial charge in [0, 0.05) is 7.11 Å². The standard InChI is InChI=1S/C11H14O3/c1-14-6-5-9-3-2-4-10(7-9)8-11(12)13/h2-4,7H,5-6,8H2,1H3,(H,12,13). The number of ether oxygens (including phenoxy) is 1. The number of methoxy groups -OCH3 is 1. The third-order valence-electron chi connectivity index (χ3n) is 1.94. The van der Waals surface area contributed by atoms with Crippen molar-refractivity contribution in [1.29, 1.82) is 0 Å². The molecule has 0 aliphatic heterocycles. The van der Waals surface area contributed by atoms with E-state index in [2.05, 4.69) is 0 Å². The number of carboxylic acids is 1. The summed E-state index contributed by atoms with van der Waals surface area (Å²) in [6.45, 7) is 0.663. The molecule has 3 heteroatoms. The first-order valence-electron chi connectivity index (χ1n) is 4.51. The highest BCUT2D eigenvalue weighted by atomic mass is 16.5. The van der Waals surface area contributed by atoms with Crippen LogP contribution in [0.4, 0.5) is 0 Å². The average molecular weight is 194 g/mol. The Kier molecular flexibility index (Phi) is 4.13. The van der Waals surface area contributed by atoms with Crippen molar-refractivity contribution >= 4 is 5.97 Å². The smallest absolute Gasteiger partial charge is 0.307 e. The molecule has 1 N–H and O–H groups in total. The van der Waals surface area contributed by atoms with E-state index in [4.69, 9.17) is 9.84 Å². The first-order valence-corrected chi connectivity index (χ1v) is 4.51. The fourth-order valence-corrected chi connectivity index (χ4v) is 1.29. The highest BCUT2D eigenvalue weighted by Crippen LogP contribution is 2.06. The molecule has 14 heavy (non-hydrogen) atoms. The Morgan fingerprint density at radius 1 is 1.43 bits per heavy atom. The predicted octanol–water partition coefficient (Wildman–Crippen LogP) is 1.50. The molecule has 0 amide bonds. The minimum absolute atomic E-state index is 0.0841. The van der Waals surface area contributed by atoms with Crippen molar-refractivity contribution in [2.75, 3.05) is 13.7 Å². The molecule has 3 nitrogen and oxygen atoms in total. The van der Waals surface area contributed by atoms with Crippen LogP contribution in [0.3, 0.4) is 0 Å². The van der Waals surface area contributed by atoms with Gasteiger partial charge < -0.3 is 9.84 Å². The van der Waals surface area contributed by atoms with E-state index in [0.29, 0.717) is 6.61 Å². The molecule has 0 atom stereocenters. The van der Waals surface area contributed by atoms with Gasteiger partial charge in [0.15, 0.2) is 0 Å². The van der Waals surface area contributed by atoms with Gasteiger partial charge in [-0.3, -0.25) is 4.79 Å². The Morgan fingerprint density at radius 2 is 2.14 bits per heavy atom. The molecule has 0 heterocycles. The van der Waals surface area contributed by atoms with Gasteiger partial charge in [-0.25, -0.2) is 0 Å². The van der Waals surface area contributed by atoms with Crippen LogP contribution in [0.2, 0.25) is 0 Å². The highest BCUT2D eigenvalue weighted by Gasteiger charge is 2.00. The quantitative estimate of drug-likeness (QED) is 0.772. The van der Waals surface area contributed by atoms with Crippen LogP contribution in [0, 0.1) is 0 Å². The molecule has 0 saturated carbocycles. The maximum absolute atomic E-state index is 10.5. The first-order chi connectivity index (χ1) is 6.72. The van der Waals surface area contributed by atoms with Crippen molar-refractivity contribution in [3.8, 4) is 0 Å². The topological polar surface area (TPSA) is 46.5 Å². The monoisotopic (exact) mass is 194 g/mol. The number of benzene rings is 1. The third-order valence-corrected chi connectivity index (χ3v) is 1.94. The fraction of sp³-hybridized carbons (Fsp3) is 0.364. The van der Waals surface area contributed by atoms with Crippen LogP contribution < -0.4 is 0 Å². The Balaban J connectivity index is 2.63. The lowest BCUT2D eigenvalue weighted by molar-refractivity contribution is -0.136. The number of aliphatic carboxylic acids is 1. The molecule has 1 aromatic carbocycles. The van der Waals surface area contributed by atoms with Crippen molar-refractivity contribution in [3.05, 3.63) is 35.4 Å². The molecule has 0 unspecified atom stereocenters. The van der Waals surface area contributed by atoms with Crippen LogP contribution >= 0.6 is 0 Å². The van der Waals surface area contributed by atoms with Crippen LogP contribution in [0.1, 0.15) is 11.1 Å². The van der Waals surface area contributed by atoms with Gasteiger partial charge in [-0.2, -0.15) is 0 Å². The zero-order valence-corrected chi connectivity index (χ0v) is 8.19. The van der Waals surface area contributed by atoms with Crippen LogP contribution in [0.5, 0.6) is 0 Å². The zero-order valence-electron chi connectivity index (χ0n) is 8.19. The van der Waals surface area contributed by atoms with Crippen molar-refractivity contribution in [2.45, 2.75) is 12.8 Å². The lowest BCUT2D eigenvalue weighted by Crippen LogP contribution is -2.01. The summed E-state index contributed by atoms with van der Waals surface area (Å²) in [6.07, 6.45) is 0.908. The van der Waals surface area contributed by atoms with E-state index in [-0.39, 0.29) is 6.42 Å². The zero-order chi connectivity index (χ0) is 10.4. The Labute approximate surface area is 83.3 Å². The summed E-state index contributed by atoms with van der Waals surface area (Å²) in [5, 5.41) is 8.61. The van der Waals surface area contributed by atoms with Gasteiger partial charge in [-0.1, -0.05) is 24.3 Å². The van der Waals surface area contributed by atoms with E-state index >= 15 is 0 Å². The minimum atomic E-state index is -0.797. The lowest BCUT2D eigenvalue weighted by atomic mass is 10.1. The maximum Gasteiger partial charge on any atom is 0.307 e. The van der Waals surface area contributed by atoms with Gasteiger partial charge in [0.05, 0.1) is 13.0 Å². The van der Waals surface area contributed by atoms with Gasteiger partial charge in [-0.05, 0) is 17.5 Å². The number of hydrogen-bond donors (Lipinski definition) is 1. The first kappa shape index (κ1) is 10.7. The van der Waals surface area contributed by atoms with Crippen molar-refractivity contribution in [3.63, 3.8) is 0 Å². The lowest BCUT2D eigenvalue weighted by Gasteiger charge is -2.02. The van der Waals surface area contributed by atoms with Crippen LogP contribution in [-0.4, -0.2) is 24.8 Å². The number of carboxylic acid groups (broad SMARTS) is 1. The van der Waals surface area contributed by atoms with Gasteiger partial charge >= 0.3 is 5.97 Å². The Morgan fingerprint density at radius 3 is 2.79 bits per heavy atom. The molecule has 76 valence electrons. The van der Waals surface area contributed by atoms with E-state index in [9.17, 15) is 4.79 Å². The maximum atomic E-state index is 10.5. The summed E-state index contributed by atoms with van der Waals surface area (Å²) in [7, 11) is 1.65. The Bertz CT molecular complexity index is 307. The Hall–Kier alpha value is -1.35. The molecule has 0 saturated heterocycles. The molecule has 0 aromatic heterocycles. The number of carbonyl (C=O) groups is 1. The van der Waals surface area contributed by atoms with E-state index < -0.39 is 5.97 Å². The van der Waals surface area contributed by atoms with Gasteiger partial charge in [-0.15, -0.1) is 0 Å². The van der Waals surface area contributed by atoms with Gasteiger partial charge in [0.1, 0.15) is 0 Å². The minimum Gasteiger partial charge on any atom is -0.481 e. The second kappa shape index (κ2) is 5.40. The molecule has 0 bridgehead atoms. The summed E-state index contributed by atoms with van der Waals surface area (Å²) < 4.78 is 4.95. The molecule has 1 aromatic rings. The highest BCUT2D eigenvalue weighted by molar-refractivity contribution is 5.70. The molecule has 0 aliphatic carbocycles. The summed E-state index contributed by atoms with van der Waals surface area (Å²) in [5.74, 6) is -0.797. The molecular weight excluding hydrogens is 180 g/mol. The molecule has 0 spiro atoms. The van der Waals surface area contributed by atoms with Gasteiger partial charge in [0.2, 0.25) is 0 Å². The molecule has 1 rings (SSSR count). The van der Waals surface area contributed by atoms with E-state index in [0.717, 1.165) is 17.5 Å². The van der Waals surface area contributed by atoms with Gasteiger partial charge in [0.25, 0.3) is 0 Å². The van der Waals surface area contributed by atoms with Crippen molar-refractivity contribution < 1.29 is 14.6 Å². The number of hydrogen-bond acceptors (Lipinski definition) is 2. The summed E-state index contributed by atoms with van der Waals surface area (Å²) >= 11 is 0. The molecule has 0 radical (unpaired) electrons. The van der Waals surface area contributed by atoms with Crippen molar-refractivity contribution in [1.82, 2.24) is 0 Å². The fourth-order valence-electron chi connectivity index (χ4n) is 1.29. The van der Waals surface area contributed by atoms with Crippen LogP contribution in [0.25, 0.3) is 0 Å².